The lowest BCUT2D eigenvalue weighted by molar-refractivity contribution is -0.137. The topological polar surface area (TPSA) is 94.8 Å². The number of benzene rings is 1. The Balaban J connectivity index is 1.83. The fourth-order valence-electron chi connectivity index (χ4n) is 3.53. The maximum atomic E-state index is 12.7. The average Bonchev–Trinajstić information content (AvgIpc) is 3.12. The lowest BCUT2D eigenvalue weighted by atomic mass is 10.1. The van der Waals surface area contributed by atoms with Crippen molar-refractivity contribution in [3.05, 3.63) is 38.7 Å². The number of hydrogen-bond donors (Lipinski definition) is 1. The Labute approximate surface area is 179 Å². The van der Waals surface area contributed by atoms with Crippen LogP contribution in [0, 0.1) is 0 Å². The van der Waals surface area contributed by atoms with Gasteiger partial charge in [-0.3, -0.25) is 0 Å². The van der Waals surface area contributed by atoms with Crippen molar-refractivity contribution in [1.82, 2.24) is 5.32 Å². The van der Waals surface area contributed by atoms with E-state index in [4.69, 9.17) is 25.5 Å². The van der Waals surface area contributed by atoms with Crippen molar-refractivity contribution >= 4 is 34.6 Å². The molecule has 1 atom stereocenters. The number of nitrogens with one attached hydrogen (secondary N) is 1. The molecule has 2 aromatic rings. The first kappa shape index (κ1) is 22.2. The summed E-state index contributed by atoms with van der Waals surface area (Å²) in [7, 11) is 0. The fraction of sp³-hybridized carbons (Fsp3) is 0.500. The largest absolute Gasteiger partial charge is 0.444 e. The third-order valence-corrected chi connectivity index (χ3v) is 5.08. The van der Waals surface area contributed by atoms with Crippen molar-refractivity contribution < 1.29 is 23.5 Å². The van der Waals surface area contributed by atoms with Gasteiger partial charge in [0.15, 0.2) is 5.75 Å². The number of carbonyl (C=O) groups is 2. The van der Waals surface area contributed by atoms with Crippen LogP contribution in [0.3, 0.4) is 0 Å². The van der Waals surface area contributed by atoms with Gasteiger partial charge in [-0.1, -0.05) is 24.9 Å². The molecular weight excluding hydrogens is 410 g/mol. The van der Waals surface area contributed by atoms with Gasteiger partial charge in [0.05, 0.1) is 5.02 Å². The van der Waals surface area contributed by atoms with Crippen molar-refractivity contribution in [1.29, 1.82) is 0 Å². The van der Waals surface area contributed by atoms with Gasteiger partial charge in [0.2, 0.25) is 0 Å². The second-order valence-corrected chi connectivity index (χ2v) is 8.79. The number of hydrogen-bond acceptors (Lipinski definition) is 6. The SMILES string of the molecule is CCC[C@H](NC(=O)OC(C)(C)C)C(=O)Oc1cc2oc(=O)c3c(c2cc1Cl)CCC3. The van der Waals surface area contributed by atoms with Crippen LogP contribution in [0.4, 0.5) is 4.79 Å². The molecule has 0 aliphatic heterocycles. The molecule has 1 N–H and O–H groups in total. The molecule has 0 spiro atoms. The second-order valence-electron chi connectivity index (χ2n) is 8.39. The predicted octanol–water partition coefficient (Wildman–Crippen LogP) is 4.53. The van der Waals surface area contributed by atoms with Crippen LogP contribution in [-0.4, -0.2) is 23.7 Å². The van der Waals surface area contributed by atoms with E-state index in [-0.39, 0.29) is 16.4 Å². The van der Waals surface area contributed by atoms with Gasteiger partial charge >= 0.3 is 17.7 Å². The smallest absolute Gasteiger partial charge is 0.408 e. The van der Waals surface area contributed by atoms with Gasteiger partial charge in [0, 0.05) is 17.0 Å². The number of fused-ring (bicyclic) bond motifs is 3. The molecule has 0 saturated heterocycles. The minimum Gasteiger partial charge on any atom is -0.444 e. The first-order valence-electron chi connectivity index (χ1n) is 10.1. The van der Waals surface area contributed by atoms with E-state index in [1.807, 2.05) is 6.92 Å². The van der Waals surface area contributed by atoms with Crippen molar-refractivity contribution in [2.45, 2.75) is 71.4 Å². The molecular formula is C22H26ClNO6. The Bertz CT molecular complexity index is 1040. The van der Waals surface area contributed by atoms with Crippen molar-refractivity contribution in [2.24, 2.45) is 0 Å². The summed E-state index contributed by atoms with van der Waals surface area (Å²) in [5.41, 5.74) is 0.888. The maximum Gasteiger partial charge on any atom is 0.408 e. The zero-order valence-corrected chi connectivity index (χ0v) is 18.4. The quantitative estimate of drug-likeness (QED) is 0.421. The summed E-state index contributed by atoms with van der Waals surface area (Å²) in [6.45, 7) is 7.09. The van der Waals surface area contributed by atoms with Gasteiger partial charge in [-0.15, -0.1) is 0 Å². The van der Waals surface area contributed by atoms with Gasteiger partial charge in [0.25, 0.3) is 0 Å². The number of halogens is 1. The van der Waals surface area contributed by atoms with Crippen LogP contribution in [0.2, 0.25) is 5.02 Å². The molecule has 0 radical (unpaired) electrons. The Morgan fingerprint density at radius 3 is 2.60 bits per heavy atom. The molecule has 1 heterocycles. The van der Waals surface area contributed by atoms with Crippen LogP contribution in [0.15, 0.2) is 21.3 Å². The van der Waals surface area contributed by atoms with Gasteiger partial charge in [-0.2, -0.15) is 0 Å². The van der Waals surface area contributed by atoms with Crippen LogP contribution in [-0.2, 0) is 22.4 Å². The highest BCUT2D eigenvalue weighted by molar-refractivity contribution is 6.33. The van der Waals surface area contributed by atoms with Gasteiger partial charge in [-0.05, 0) is 58.1 Å². The monoisotopic (exact) mass is 435 g/mol. The molecule has 1 aliphatic carbocycles. The van der Waals surface area contributed by atoms with E-state index in [0.717, 1.165) is 23.8 Å². The first-order valence-corrected chi connectivity index (χ1v) is 10.5. The molecule has 1 aromatic carbocycles. The summed E-state index contributed by atoms with van der Waals surface area (Å²) in [6, 6.07) is 2.21. The fourth-order valence-corrected chi connectivity index (χ4v) is 3.73. The first-order chi connectivity index (χ1) is 14.1. The summed E-state index contributed by atoms with van der Waals surface area (Å²) < 4.78 is 16.1. The molecule has 162 valence electrons. The van der Waals surface area contributed by atoms with E-state index in [1.54, 1.807) is 26.8 Å². The third-order valence-electron chi connectivity index (χ3n) is 4.79. The van der Waals surface area contributed by atoms with Crippen molar-refractivity contribution in [3.63, 3.8) is 0 Å². The molecule has 3 rings (SSSR count). The van der Waals surface area contributed by atoms with E-state index in [1.165, 1.54) is 6.07 Å². The van der Waals surface area contributed by atoms with E-state index < -0.39 is 23.7 Å². The van der Waals surface area contributed by atoms with Crippen molar-refractivity contribution in [3.8, 4) is 5.75 Å². The number of aryl methyl sites for hydroxylation is 1. The number of rotatable bonds is 5. The minimum absolute atomic E-state index is 0.0716. The molecule has 1 amide bonds. The molecule has 0 fully saturated rings. The Morgan fingerprint density at radius 2 is 1.93 bits per heavy atom. The van der Waals surface area contributed by atoms with E-state index in [0.29, 0.717) is 30.4 Å². The molecule has 1 aromatic heterocycles. The standard InChI is InChI=1S/C22H26ClNO6/c1-5-7-16(24-21(27)30-22(2,3)4)20(26)29-18-11-17-14(10-15(18)23)12-8-6-9-13(12)19(25)28-17/h10-11,16H,5-9H2,1-4H3,(H,24,27)/t16-/m0/s1. The van der Waals surface area contributed by atoms with E-state index in [9.17, 15) is 14.4 Å². The summed E-state index contributed by atoms with van der Waals surface area (Å²) in [5.74, 6) is -0.602. The predicted molar refractivity (Wildman–Crippen MR) is 113 cm³/mol. The number of carbonyl (C=O) groups excluding carboxylic acids is 2. The summed E-state index contributed by atoms with van der Waals surface area (Å²) in [5, 5.41) is 3.52. The summed E-state index contributed by atoms with van der Waals surface area (Å²) >= 11 is 6.35. The molecule has 0 bridgehead atoms. The zero-order chi connectivity index (χ0) is 22.1. The van der Waals surface area contributed by atoms with Crippen LogP contribution in [0.5, 0.6) is 5.75 Å². The van der Waals surface area contributed by atoms with E-state index >= 15 is 0 Å². The summed E-state index contributed by atoms with van der Waals surface area (Å²) in [4.78, 5) is 37.0. The van der Waals surface area contributed by atoms with E-state index in [2.05, 4.69) is 5.32 Å². The maximum absolute atomic E-state index is 12.7. The third kappa shape index (κ3) is 4.95. The number of ether oxygens (including phenoxy) is 2. The number of esters is 1. The number of amides is 1. The molecule has 1 aliphatic rings. The normalized spacial score (nSPS) is 14.3. The Hall–Kier alpha value is -2.54. The second kappa shape index (κ2) is 8.68. The van der Waals surface area contributed by atoms with Crippen LogP contribution in [0.1, 0.15) is 58.1 Å². The van der Waals surface area contributed by atoms with Gasteiger partial charge in [0.1, 0.15) is 17.2 Å². The minimum atomic E-state index is -0.899. The molecule has 30 heavy (non-hydrogen) atoms. The van der Waals surface area contributed by atoms with Crippen LogP contribution in [0.25, 0.3) is 11.0 Å². The molecule has 0 saturated carbocycles. The van der Waals surface area contributed by atoms with Crippen LogP contribution >= 0.6 is 11.6 Å². The molecule has 8 heteroatoms. The van der Waals surface area contributed by atoms with Gasteiger partial charge < -0.3 is 19.2 Å². The van der Waals surface area contributed by atoms with Gasteiger partial charge in [-0.25, -0.2) is 14.4 Å². The number of alkyl carbamates (subject to hydrolysis) is 1. The molecule has 0 unspecified atom stereocenters. The Morgan fingerprint density at radius 1 is 1.23 bits per heavy atom. The van der Waals surface area contributed by atoms with Crippen LogP contribution < -0.4 is 15.7 Å². The highest BCUT2D eigenvalue weighted by Crippen LogP contribution is 2.34. The summed E-state index contributed by atoms with van der Waals surface area (Å²) in [6.07, 6.45) is 2.67. The average molecular weight is 436 g/mol. The Kier molecular flexibility index (Phi) is 6.41. The lowest BCUT2D eigenvalue weighted by Crippen LogP contribution is -2.45. The highest BCUT2D eigenvalue weighted by atomic mass is 35.5. The molecule has 7 nitrogen and oxygen atoms in total. The van der Waals surface area contributed by atoms with Crippen molar-refractivity contribution in [2.75, 3.05) is 0 Å². The highest BCUT2D eigenvalue weighted by Gasteiger charge is 2.27. The lowest BCUT2D eigenvalue weighted by Gasteiger charge is -2.22. The zero-order valence-electron chi connectivity index (χ0n) is 17.6.